The minimum atomic E-state index is -3.04. The first-order valence-corrected chi connectivity index (χ1v) is 12.6. The number of rotatable bonds is 8. The van der Waals surface area contributed by atoms with Crippen molar-refractivity contribution in [2.45, 2.75) is 57.0 Å². The second kappa shape index (κ2) is 10.4. The van der Waals surface area contributed by atoms with Gasteiger partial charge in [0.15, 0.2) is 5.82 Å². The van der Waals surface area contributed by atoms with Gasteiger partial charge >= 0.3 is 0 Å². The van der Waals surface area contributed by atoms with Gasteiger partial charge in [-0.1, -0.05) is 18.2 Å². The van der Waals surface area contributed by atoms with E-state index in [2.05, 4.69) is 25.4 Å². The molecule has 4 heterocycles. The van der Waals surface area contributed by atoms with Crippen LogP contribution in [0, 0.1) is 6.92 Å². The van der Waals surface area contributed by atoms with Crippen LogP contribution in [0.25, 0.3) is 10.9 Å². The Morgan fingerprint density at radius 2 is 1.89 bits per heavy atom. The van der Waals surface area contributed by atoms with Crippen LogP contribution in [0.2, 0.25) is 0 Å². The summed E-state index contributed by atoms with van der Waals surface area (Å²) in [7, 11) is 3.37. The van der Waals surface area contributed by atoms with Gasteiger partial charge in [-0.15, -0.1) is 5.10 Å². The van der Waals surface area contributed by atoms with Gasteiger partial charge in [-0.25, -0.2) is 0 Å². The van der Waals surface area contributed by atoms with Crippen molar-refractivity contribution < 1.29 is 23.0 Å². The van der Waals surface area contributed by atoms with Crippen LogP contribution in [0.4, 0.5) is 20.3 Å². The van der Waals surface area contributed by atoms with Gasteiger partial charge in [-0.05, 0) is 44.4 Å². The maximum Gasteiger partial charge on any atom is 0.298 e. The molecule has 2 aliphatic rings. The molecule has 198 valence electrons. The molecule has 2 aliphatic heterocycles. The Labute approximate surface area is 215 Å². The smallest absolute Gasteiger partial charge is 0.298 e. The van der Waals surface area contributed by atoms with Crippen molar-refractivity contribution in [3.05, 3.63) is 53.3 Å². The third kappa shape index (κ3) is 4.97. The van der Waals surface area contributed by atoms with E-state index in [-0.39, 0.29) is 23.8 Å². The molecule has 0 spiro atoms. The quantitative estimate of drug-likeness (QED) is 0.467. The first kappa shape index (κ1) is 25.7. The number of fused-ring (bicyclic) bond motifs is 1. The standard InChI is InChI=1S/C27H33F2N5O3/c1-16(18-7-5-8-19(11-18)27(28,29)24-9-6-10-37-24)31-26-21-12-20(13-30-25(21)17(2)32-33-26)34-14-22(35-3)23(15-34)36-4/h5,7-8,11-13,16,22-24H,6,9-10,14-15H2,1-4H3,(H,31,33)/t16-,22-,23+,24?/m1/s1. The van der Waals surface area contributed by atoms with Gasteiger partial charge in [-0.2, -0.15) is 13.9 Å². The first-order chi connectivity index (χ1) is 17.8. The first-order valence-electron chi connectivity index (χ1n) is 12.6. The highest BCUT2D eigenvalue weighted by molar-refractivity contribution is 5.92. The van der Waals surface area contributed by atoms with Gasteiger partial charge in [0, 0.05) is 44.9 Å². The fourth-order valence-corrected chi connectivity index (χ4v) is 5.19. The number of aryl methyl sites for hydroxylation is 1. The third-order valence-corrected chi connectivity index (χ3v) is 7.42. The molecule has 5 rings (SSSR count). The van der Waals surface area contributed by atoms with Crippen LogP contribution in [0.5, 0.6) is 0 Å². The van der Waals surface area contributed by atoms with Crippen LogP contribution in [0.15, 0.2) is 36.5 Å². The molecule has 0 radical (unpaired) electrons. The number of hydrogen-bond donors (Lipinski definition) is 1. The summed E-state index contributed by atoms with van der Waals surface area (Å²) in [5, 5.41) is 12.9. The molecule has 2 aromatic heterocycles. The molecule has 0 amide bonds. The minimum absolute atomic E-state index is 0.0318. The second-order valence-electron chi connectivity index (χ2n) is 9.79. The Kier molecular flexibility index (Phi) is 7.24. The predicted molar refractivity (Wildman–Crippen MR) is 137 cm³/mol. The van der Waals surface area contributed by atoms with Crippen molar-refractivity contribution in [1.82, 2.24) is 15.2 Å². The monoisotopic (exact) mass is 513 g/mol. The van der Waals surface area contributed by atoms with E-state index in [0.717, 1.165) is 22.2 Å². The lowest BCUT2D eigenvalue weighted by molar-refractivity contribution is -0.122. The number of anilines is 2. The highest BCUT2D eigenvalue weighted by Crippen LogP contribution is 2.39. The number of nitrogens with zero attached hydrogens (tertiary/aromatic N) is 4. The van der Waals surface area contributed by atoms with Crippen molar-refractivity contribution in [1.29, 1.82) is 0 Å². The minimum Gasteiger partial charge on any atom is -0.377 e. The number of aromatic nitrogens is 3. The van der Waals surface area contributed by atoms with E-state index in [1.54, 1.807) is 26.4 Å². The number of halogens is 2. The zero-order chi connectivity index (χ0) is 26.2. The van der Waals surface area contributed by atoms with Crippen LogP contribution < -0.4 is 10.2 Å². The van der Waals surface area contributed by atoms with Crippen LogP contribution in [0.1, 0.15) is 42.6 Å². The molecule has 10 heteroatoms. The summed E-state index contributed by atoms with van der Waals surface area (Å²) in [5.74, 6) is -2.50. The molecule has 0 bridgehead atoms. The Balaban J connectivity index is 1.42. The number of ether oxygens (including phenoxy) is 3. The Bertz CT molecular complexity index is 1240. The SMILES string of the molecule is CO[C@H]1CN(c2cnc3c(C)nnc(N[C@H](C)c4cccc(C(F)(F)C5CCCO5)c4)c3c2)C[C@H]1OC. The number of nitrogens with one attached hydrogen (secondary N) is 1. The lowest BCUT2D eigenvalue weighted by atomic mass is 9.97. The Morgan fingerprint density at radius 3 is 2.57 bits per heavy atom. The van der Waals surface area contributed by atoms with Gasteiger partial charge in [-0.3, -0.25) is 4.98 Å². The molecule has 1 aromatic carbocycles. The topological polar surface area (TPSA) is 81.6 Å². The fourth-order valence-electron chi connectivity index (χ4n) is 5.19. The summed E-state index contributed by atoms with van der Waals surface area (Å²) in [6, 6.07) is 8.24. The van der Waals surface area contributed by atoms with Crippen LogP contribution in [-0.4, -0.2) is 67.4 Å². The van der Waals surface area contributed by atoms with E-state index in [4.69, 9.17) is 14.2 Å². The number of alkyl halides is 2. The molecular formula is C27H33F2N5O3. The summed E-state index contributed by atoms with van der Waals surface area (Å²) in [6.07, 6.45) is 1.70. The van der Waals surface area contributed by atoms with Crippen molar-refractivity contribution in [2.75, 3.05) is 44.1 Å². The molecular weight excluding hydrogens is 480 g/mol. The Hall–Kier alpha value is -2.95. The van der Waals surface area contributed by atoms with Crippen LogP contribution in [-0.2, 0) is 20.1 Å². The van der Waals surface area contributed by atoms with Crippen LogP contribution in [0.3, 0.4) is 0 Å². The molecule has 2 fully saturated rings. The van der Waals surface area contributed by atoms with Gasteiger partial charge < -0.3 is 24.4 Å². The van der Waals surface area contributed by atoms with E-state index >= 15 is 8.78 Å². The molecule has 2 saturated heterocycles. The van der Waals surface area contributed by atoms with E-state index < -0.39 is 12.0 Å². The molecule has 3 aromatic rings. The van der Waals surface area contributed by atoms with Gasteiger partial charge in [0.25, 0.3) is 5.92 Å². The zero-order valence-electron chi connectivity index (χ0n) is 21.6. The van der Waals surface area contributed by atoms with Crippen LogP contribution >= 0.6 is 0 Å². The van der Waals surface area contributed by atoms with Gasteiger partial charge in [0.05, 0.1) is 29.1 Å². The molecule has 0 saturated carbocycles. The van der Waals surface area contributed by atoms with Crippen molar-refractivity contribution in [3.8, 4) is 0 Å². The number of benzene rings is 1. The van der Waals surface area contributed by atoms with Crippen molar-refractivity contribution in [2.24, 2.45) is 0 Å². The average Bonchev–Trinajstić information content (AvgIpc) is 3.61. The summed E-state index contributed by atoms with van der Waals surface area (Å²) in [6.45, 7) is 5.53. The highest BCUT2D eigenvalue weighted by atomic mass is 19.3. The maximum atomic E-state index is 15.1. The van der Waals surface area contributed by atoms with E-state index in [9.17, 15) is 0 Å². The van der Waals surface area contributed by atoms with Gasteiger partial charge in [0.2, 0.25) is 0 Å². The lowest BCUT2D eigenvalue weighted by Gasteiger charge is -2.24. The second-order valence-corrected chi connectivity index (χ2v) is 9.79. The van der Waals surface area contributed by atoms with E-state index in [1.807, 2.05) is 32.2 Å². The van der Waals surface area contributed by atoms with Gasteiger partial charge in [0.1, 0.15) is 18.3 Å². The molecule has 0 aliphatic carbocycles. The predicted octanol–water partition coefficient (Wildman–Crippen LogP) is 4.63. The third-order valence-electron chi connectivity index (χ3n) is 7.42. The number of methoxy groups -OCH3 is 2. The highest BCUT2D eigenvalue weighted by Gasteiger charge is 2.44. The summed E-state index contributed by atoms with van der Waals surface area (Å²) >= 11 is 0. The molecule has 4 atom stereocenters. The number of hydrogen-bond acceptors (Lipinski definition) is 8. The summed E-state index contributed by atoms with van der Waals surface area (Å²) < 4.78 is 46.6. The normalized spacial score (nSPS) is 23.1. The largest absolute Gasteiger partial charge is 0.377 e. The lowest BCUT2D eigenvalue weighted by Crippen LogP contribution is -2.30. The van der Waals surface area contributed by atoms with E-state index in [1.165, 1.54) is 6.07 Å². The number of pyridine rings is 1. The Morgan fingerprint density at radius 1 is 1.14 bits per heavy atom. The molecule has 8 nitrogen and oxygen atoms in total. The molecule has 1 unspecified atom stereocenters. The van der Waals surface area contributed by atoms with E-state index in [0.29, 0.717) is 44.0 Å². The fraction of sp³-hybridized carbons (Fsp3) is 0.519. The average molecular weight is 514 g/mol. The van der Waals surface area contributed by atoms with Crippen molar-refractivity contribution in [3.63, 3.8) is 0 Å². The molecule has 37 heavy (non-hydrogen) atoms. The summed E-state index contributed by atoms with van der Waals surface area (Å²) in [5.41, 5.74) is 3.06. The zero-order valence-corrected chi connectivity index (χ0v) is 21.6. The van der Waals surface area contributed by atoms with Crippen molar-refractivity contribution >= 4 is 22.4 Å². The molecule has 1 N–H and O–H groups in total. The maximum absolute atomic E-state index is 15.1. The summed E-state index contributed by atoms with van der Waals surface area (Å²) in [4.78, 5) is 6.85.